The number of aliphatic hydroxyl groups excluding tert-OH is 1. The highest BCUT2D eigenvalue weighted by molar-refractivity contribution is 6.36. The minimum absolute atomic E-state index is 0.0192. The van der Waals surface area contributed by atoms with Crippen LogP contribution in [0.5, 0.6) is 0 Å². The van der Waals surface area contributed by atoms with E-state index in [9.17, 15) is 4.39 Å². The SMILES string of the molecule is CC[C@H](CO)NC(C)c1c(Cl)ccc(F)c1Cl. The van der Waals surface area contributed by atoms with Gasteiger partial charge in [-0.15, -0.1) is 0 Å². The Hall–Kier alpha value is -0.350. The Kier molecular flexibility index (Phi) is 5.67. The van der Waals surface area contributed by atoms with Crippen LogP contribution < -0.4 is 5.32 Å². The molecule has 0 saturated heterocycles. The summed E-state index contributed by atoms with van der Waals surface area (Å²) in [5.41, 5.74) is 0.528. The highest BCUT2D eigenvalue weighted by Crippen LogP contribution is 2.32. The third-order valence-corrected chi connectivity index (χ3v) is 3.43. The first-order valence-electron chi connectivity index (χ1n) is 5.51. The molecular weight excluding hydrogens is 264 g/mol. The lowest BCUT2D eigenvalue weighted by molar-refractivity contribution is 0.230. The van der Waals surface area contributed by atoms with Gasteiger partial charge in [-0.25, -0.2) is 4.39 Å². The molecule has 17 heavy (non-hydrogen) atoms. The third kappa shape index (κ3) is 3.55. The largest absolute Gasteiger partial charge is 0.395 e. The Balaban J connectivity index is 2.95. The molecule has 5 heteroatoms. The quantitative estimate of drug-likeness (QED) is 0.808. The summed E-state index contributed by atoms with van der Waals surface area (Å²) in [5.74, 6) is -0.489. The second kappa shape index (κ2) is 6.55. The molecule has 2 N–H and O–H groups in total. The van der Waals surface area contributed by atoms with Crippen LogP contribution in [0.25, 0.3) is 0 Å². The Morgan fingerprint density at radius 3 is 2.59 bits per heavy atom. The van der Waals surface area contributed by atoms with Gasteiger partial charge in [0.1, 0.15) is 5.82 Å². The van der Waals surface area contributed by atoms with Crippen molar-refractivity contribution in [3.05, 3.63) is 33.6 Å². The summed E-state index contributed by atoms with van der Waals surface area (Å²) in [7, 11) is 0. The maximum atomic E-state index is 13.4. The van der Waals surface area contributed by atoms with Gasteiger partial charge in [0.2, 0.25) is 0 Å². The average Bonchev–Trinajstić information content (AvgIpc) is 2.31. The summed E-state index contributed by atoms with van der Waals surface area (Å²) in [6.45, 7) is 3.81. The third-order valence-electron chi connectivity index (χ3n) is 2.71. The van der Waals surface area contributed by atoms with Gasteiger partial charge in [-0.3, -0.25) is 0 Å². The number of aliphatic hydroxyl groups is 1. The van der Waals surface area contributed by atoms with E-state index >= 15 is 0 Å². The Labute approximate surface area is 111 Å². The minimum Gasteiger partial charge on any atom is -0.395 e. The van der Waals surface area contributed by atoms with Gasteiger partial charge >= 0.3 is 0 Å². The summed E-state index contributed by atoms with van der Waals surface area (Å²) in [6, 6.07) is 2.45. The van der Waals surface area contributed by atoms with E-state index < -0.39 is 5.82 Å². The summed E-state index contributed by atoms with van der Waals surface area (Å²) in [6.07, 6.45) is 0.769. The number of rotatable bonds is 5. The molecule has 0 radical (unpaired) electrons. The summed E-state index contributed by atoms with van der Waals surface area (Å²) in [4.78, 5) is 0. The van der Waals surface area contributed by atoms with Gasteiger partial charge in [-0.1, -0.05) is 30.1 Å². The zero-order chi connectivity index (χ0) is 13.0. The average molecular weight is 280 g/mol. The fourth-order valence-corrected chi connectivity index (χ4v) is 2.37. The van der Waals surface area contributed by atoms with Gasteiger partial charge in [-0.2, -0.15) is 0 Å². The van der Waals surface area contributed by atoms with Crippen molar-refractivity contribution in [1.82, 2.24) is 5.32 Å². The number of hydrogen-bond acceptors (Lipinski definition) is 2. The van der Waals surface area contributed by atoms with Crippen molar-refractivity contribution in [3.63, 3.8) is 0 Å². The molecule has 0 aromatic heterocycles. The van der Waals surface area contributed by atoms with E-state index in [2.05, 4.69) is 5.32 Å². The van der Waals surface area contributed by atoms with Crippen LogP contribution in [-0.2, 0) is 0 Å². The zero-order valence-corrected chi connectivity index (χ0v) is 11.3. The summed E-state index contributed by atoms with van der Waals surface area (Å²) >= 11 is 11.9. The molecule has 0 aliphatic heterocycles. The normalized spacial score (nSPS) is 14.7. The number of hydrogen-bond donors (Lipinski definition) is 2. The van der Waals surface area contributed by atoms with Crippen molar-refractivity contribution in [2.45, 2.75) is 32.4 Å². The molecule has 0 bridgehead atoms. The maximum Gasteiger partial charge on any atom is 0.142 e. The van der Waals surface area contributed by atoms with E-state index in [1.807, 2.05) is 13.8 Å². The molecule has 0 aliphatic carbocycles. The van der Waals surface area contributed by atoms with Crippen molar-refractivity contribution in [2.24, 2.45) is 0 Å². The number of nitrogens with one attached hydrogen (secondary N) is 1. The van der Waals surface area contributed by atoms with Gasteiger partial charge in [0.05, 0.1) is 11.6 Å². The monoisotopic (exact) mass is 279 g/mol. The van der Waals surface area contributed by atoms with E-state index in [0.717, 1.165) is 6.42 Å². The topological polar surface area (TPSA) is 32.3 Å². The van der Waals surface area contributed by atoms with Gasteiger partial charge < -0.3 is 10.4 Å². The van der Waals surface area contributed by atoms with Gasteiger partial charge in [-0.05, 0) is 25.5 Å². The Morgan fingerprint density at radius 2 is 2.06 bits per heavy atom. The molecule has 0 aliphatic rings. The molecule has 1 aromatic carbocycles. The molecule has 96 valence electrons. The molecule has 0 spiro atoms. The van der Waals surface area contributed by atoms with Crippen LogP contribution in [0.15, 0.2) is 12.1 Å². The van der Waals surface area contributed by atoms with E-state index in [-0.39, 0.29) is 23.7 Å². The fourth-order valence-electron chi connectivity index (χ4n) is 1.68. The summed E-state index contributed by atoms with van der Waals surface area (Å²) in [5, 5.41) is 12.7. The predicted octanol–water partition coefficient (Wildman–Crippen LogP) is 3.55. The standard InChI is InChI=1S/C12H16Cl2FNO/c1-3-8(6-17)16-7(2)11-9(13)4-5-10(15)12(11)14/h4-5,7-8,16-17H,3,6H2,1-2H3/t7?,8-/m1/s1. The second-order valence-corrected chi connectivity index (χ2v) is 4.72. The highest BCUT2D eigenvalue weighted by Gasteiger charge is 2.18. The van der Waals surface area contributed by atoms with Crippen LogP contribution in [0, 0.1) is 5.82 Å². The van der Waals surface area contributed by atoms with E-state index in [4.69, 9.17) is 28.3 Å². The first-order valence-corrected chi connectivity index (χ1v) is 6.27. The van der Waals surface area contributed by atoms with Crippen LogP contribution >= 0.6 is 23.2 Å². The zero-order valence-electron chi connectivity index (χ0n) is 9.80. The lowest BCUT2D eigenvalue weighted by atomic mass is 10.1. The van der Waals surface area contributed by atoms with Crippen LogP contribution in [0.1, 0.15) is 31.9 Å². The van der Waals surface area contributed by atoms with Crippen LogP contribution in [0.3, 0.4) is 0 Å². The van der Waals surface area contributed by atoms with Crippen LogP contribution in [0.2, 0.25) is 10.0 Å². The van der Waals surface area contributed by atoms with E-state index in [1.165, 1.54) is 12.1 Å². The molecule has 0 amide bonds. The van der Waals surface area contributed by atoms with Crippen molar-refractivity contribution in [3.8, 4) is 0 Å². The second-order valence-electron chi connectivity index (χ2n) is 3.93. The molecule has 0 fully saturated rings. The Morgan fingerprint density at radius 1 is 1.41 bits per heavy atom. The first-order chi connectivity index (χ1) is 8.01. The molecule has 0 saturated carbocycles. The van der Waals surface area contributed by atoms with E-state index in [1.54, 1.807) is 0 Å². The van der Waals surface area contributed by atoms with Crippen LogP contribution in [-0.4, -0.2) is 17.8 Å². The fraction of sp³-hybridized carbons (Fsp3) is 0.500. The first kappa shape index (κ1) is 14.7. The lowest BCUT2D eigenvalue weighted by Crippen LogP contribution is -2.34. The van der Waals surface area contributed by atoms with Gasteiger partial charge in [0.15, 0.2) is 0 Å². The lowest BCUT2D eigenvalue weighted by Gasteiger charge is -2.22. The maximum absolute atomic E-state index is 13.4. The summed E-state index contributed by atoms with van der Waals surface area (Å²) < 4.78 is 13.4. The molecule has 2 atom stereocenters. The number of halogens is 3. The molecular formula is C12H16Cl2FNO. The smallest absolute Gasteiger partial charge is 0.142 e. The van der Waals surface area contributed by atoms with Crippen molar-refractivity contribution < 1.29 is 9.50 Å². The molecule has 1 aromatic rings. The highest BCUT2D eigenvalue weighted by atomic mass is 35.5. The van der Waals surface area contributed by atoms with Crippen molar-refractivity contribution >= 4 is 23.2 Å². The van der Waals surface area contributed by atoms with Crippen molar-refractivity contribution in [1.29, 1.82) is 0 Å². The molecule has 2 nitrogen and oxygen atoms in total. The van der Waals surface area contributed by atoms with E-state index in [0.29, 0.717) is 10.6 Å². The minimum atomic E-state index is -0.489. The molecule has 1 unspecified atom stereocenters. The number of benzene rings is 1. The van der Waals surface area contributed by atoms with Crippen molar-refractivity contribution in [2.75, 3.05) is 6.61 Å². The molecule has 0 heterocycles. The molecule has 1 rings (SSSR count). The predicted molar refractivity (Wildman–Crippen MR) is 69.1 cm³/mol. The Bertz CT molecular complexity index is 383. The van der Waals surface area contributed by atoms with Gasteiger partial charge in [0.25, 0.3) is 0 Å². The van der Waals surface area contributed by atoms with Gasteiger partial charge in [0, 0.05) is 22.7 Å². The van der Waals surface area contributed by atoms with Crippen LogP contribution in [0.4, 0.5) is 4.39 Å².